The number of nitrogens with zero attached hydrogens (tertiary/aromatic N) is 2. The SMILES string of the molecule is Cc1nc(CCNC(=O)N2CCCC2CC(O)c2ccco2)cs1. The molecule has 2 amide bonds. The molecule has 0 bridgehead atoms. The van der Waals surface area contributed by atoms with Crippen LogP contribution in [0.15, 0.2) is 28.2 Å². The number of aromatic nitrogens is 1. The lowest BCUT2D eigenvalue weighted by Crippen LogP contribution is -2.43. The lowest BCUT2D eigenvalue weighted by Gasteiger charge is -2.26. The zero-order valence-electron chi connectivity index (χ0n) is 13.8. The number of nitrogens with one attached hydrogen (secondary N) is 1. The molecule has 1 fully saturated rings. The highest BCUT2D eigenvalue weighted by Gasteiger charge is 2.31. The topological polar surface area (TPSA) is 78.6 Å². The number of urea groups is 1. The minimum atomic E-state index is -0.670. The van der Waals surface area contributed by atoms with Crippen molar-refractivity contribution >= 4 is 17.4 Å². The third-order valence-corrected chi connectivity index (χ3v) is 5.15. The maximum Gasteiger partial charge on any atom is 0.317 e. The molecule has 0 spiro atoms. The standard InChI is InChI=1S/C17H23N3O3S/c1-12-19-13(11-24-12)6-7-18-17(22)20-8-2-4-14(20)10-15(21)16-5-3-9-23-16/h3,5,9,11,14-15,21H,2,4,6-8,10H2,1H3,(H,18,22). The summed E-state index contributed by atoms with van der Waals surface area (Å²) in [7, 11) is 0. The van der Waals surface area contributed by atoms with Gasteiger partial charge < -0.3 is 19.7 Å². The number of rotatable bonds is 6. The second-order valence-corrected chi connectivity index (χ2v) is 7.16. The van der Waals surface area contributed by atoms with Crippen LogP contribution in [0.4, 0.5) is 4.79 Å². The van der Waals surface area contributed by atoms with Crippen LogP contribution >= 0.6 is 11.3 Å². The molecule has 2 atom stereocenters. The van der Waals surface area contributed by atoms with Crippen LogP contribution in [-0.4, -0.2) is 40.2 Å². The van der Waals surface area contributed by atoms with Gasteiger partial charge in [0.15, 0.2) is 0 Å². The quantitative estimate of drug-likeness (QED) is 0.840. The molecule has 24 heavy (non-hydrogen) atoms. The van der Waals surface area contributed by atoms with Gasteiger partial charge in [0.2, 0.25) is 0 Å². The van der Waals surface area contributed by atoms with E-state index < -0.39 is 6.10 Å². The van der Waals surface area contributed by atoms with Crippen LogP contribution in [0.5, 0.6) is 0 Å². The second kappa shape index (κ2) is 7.81. The molecule has 1 aliphatic rings. The van der Waals surface area contributed by atoms with Gasteiger partial charge >= 0.3 is 6.03 Å². The van der Waals surface area contributed by atoms with Gasteiger partial charge in [0.05, 0.1) is 17.0 Å². The molecule has 0 aliphatic carbocycles. The van der Waals surface area contributed by atoms with Gasteiger partial charge in [-0.15, -0.1) is 11.3 Å². The van der Waals surface area contributed by atoms with Crippen molar-refractivity contribution in [3.8, 4) is 0 Å². The fraction of sp³-hybridized carbons (Fsp3) is 0.529. The van der Waals surface area contributed by atoms with Crippen molar-refractivity contribution in [2.45, 2.75) is 44.8 Å². The van der Waals surface area contributed by atoms with Gasteiger partial charge in [-0.2, -0.15) is 0 Å². The van der Waals surface area contributed by atoms with Gasteiger partial charge in [0.1, 0.15) is 11.9 Å². The molecule has 1 aliphatic heterocycles. The number of hydrogen-bond acceptors (Lipinski definition) is 5. The molecule has 2 unspecified atom stereocenters. The van der Waals surface area contributed by atoms with Crippen LogP contribution in [0.25, 0.3) is 0 Å². The average Bonchev–Trinajstić information content (AvgIpc) is 3.28. The van der Waals surface area contributed by atoms with E-state index in [1.165, 1.54) is 0 Å². The van der Waals surface area contributed by atoms with Crippen LogP contribution < -0.4 is 5.32 Å². The number of likely N-dealkylation sites (tertiary alicyclic amines) is 1. The summed E-state index contributed by atoms with van der Waals surface area (Å²) in [5.74, 6) is 0.557. The summed E-state index contributed by atoms with van der Waals surface area (Å²) in [4.78, 5) is 18.6. The van der Waals surface area contributed by atoms with E-state index in [-0.39, 0.29) is 12.1 Å². The molecule has 0 saturated carbocycles. The van der Waals surface area contributed by atoms with Crippen molar-refractivity contribution in [1.82, 2.24) is 15.2 Å². The van der Waals surface area contributed by atoms with Crippen LogP contribution in [0.1, 0.15) is 41.8 Å². The van der Waals surface area contributed by atoms with Gasteiger partial charge in [-0.05, 0) is 31.9 Å². The lowest BCUT2D eigenvalue weighted by atomic mass is 10.1. The first kappa shape index (κ1) is 17.0. The Morgan fingerprint density at radius 1 is 1.62 bits per heavy atom. The van der Waals surface area contributed by atoms with E-state index in [4.69, 9.17) is 4.42 Å². The summed E-state index contributed by atoms with van der Waals surface area (Å²) in [5, 5.41) is 16.3. The molecule has 0 radical (unpaired) electrons. The third kappa shape index (κ3) is 4.15. The lowest BCUT2D eigenvalue weighted by molar-refractivity contribution is 0.108. The van der Waals surface area contributed by atoms with Crippen LogP contribution in [0.3, 0.4) is 0 Å². The molecular weight excluding hydrogens is 326 g/mol. The van der Waals surface area contributed by atoms with Gasteiger partial charge in [-0.3, -0.25) is 0 Å². The number of carbonyl (C=O) groups excluding carboxylic acids is 1. The van der Waals surface area contributed by atoms with Gasteiger partial charge in [0.25, 0.3) is 0 Å². The first-order valence-electron chi connectivity index (χ1n) is 8.30. The minimum Gasteiger partial charge on any atom is -0.467 e. The van der Waals surface area contributed by atoms with Crippen molar-refractivity contribution in [3.05, 3.63) is 40.2 Å². The Bertz CT molecular complexity index is 656. The summed E-state index contributed by atoms with van der Waals surface area (Å²) < 4.78 is 5.24. The van der Waals surface area contributed by atoms with Crippen molar-refractivity contribution in [2.75, 3.05) is 13.1 Å². The summed E-state index contributed by atoms with van der Waals surface area (Å²) in [6, 6.07) is 3.51. The summed E-state index contributed by atoms with van der Waals surface area (Å²) in [5.41, 5.74) is 1.02. The number of aliphatic hydroxyl groups is 1. The molecule has 1 saturated heterocycles. The summed E-state index contributed by atoms with van der Waals surface area (Å²) in [6.07, 6.45) is 4.01. The van der Waals surface area contributed by atoms with E-state index in [0.717, 1.165) is 36.5 Å². The predicted molar refractivity (Wildman–Crippen MR) is 92.0 cm³/mol. The summed E-state index contributed by atoms with van der Waals surface area (Å²) >= 11 is 1.62. The number of aryl methyl sites for hydroxylation is 1. The fourth-order valence-corrected chi connectivity index (χ4v) is 3.77. The zero-order valence-corrected chi connectivity index (χ0v) is 14.6. The normalized spacial score (nSPS) is 18.8. The Balaban J connectivity index is 1.48. The average molecular weight is 349 g/mol. The molecule has 3 rings (SSSR count). The number of furan rings is 1. The van der Waals surface area contributed by atoms with Crippen molar-refractivity contribution in [3.63, 3.8) is 0 Å². The first-order chi connectivity index (χ1) is 11.6. The molecule has 130 valence electrons. The van der Waals surface area contributed by atoms with E-state index in [1.807, 2.05) is 17.2 Å². The number of aliphatic hydroxyl groups excluding tert-OH is 1. The maximum absolute atomic E-state index is 12.4. The molecule has 2 aromatic rings. The molecule has 3 heterocycles. The molecule has 6 nitrogen and oxygen atoms in total. The Kier molecular flexibility index (Phi) is 5.52. The van der Waals surface area contributed by atoms with Crippen molar-refractivity contribution in [1.29, 1.82) is 0 Å². The highest BCUT2D eigenvalue weighted by molar-refractivity contribution is 7.09. The van der Waals surface area contributed by atoms with E-state index in [1.54, 1.807) is 29.7 Å². The largest absolute Gasteiger partial charge is 0.467 e. The van der Waals surface area contributed by atoms with Crippen LogP contribution in [-0.2, 0) is 6.42 Å². The third-order valence-electron chi connectivity index (χ3n) is 4.33. The highest BCUT2D eigenvalue weighted by atomic mass is 32.1. The van der Waals surface area contributed by atoms with Crippen LogP contribution in [0, 0.1) is 6.92 Å². The second-order valence-electron chi connectivity index (χ2n) is 6.10. The first-order valence-corrected chi connectivity index (χ1v) is 9.18. The molecule has 2 N–H and O–H groups in total. The maximum atomic E-state index is 12.4. The zero-order chi connectivity index (χ0) is 16.9. The Labute approximate surface area is 145 Å². The van der Waals surface area contributed by atoms with Gasteiger partial charge in [-0.1, -0.05) is 0 Å². The number of carbonyl (C=O) groups is 1. The summed E-state index contributed by atoms with van der Waals surface area (Å²) in [6.45, 7) is 3.29. The van der Waals surface area contributed by atoms with Crippen LogP contribution in [0.2, 0.25) is 0 Å². The number of thiazole rings is 1. The van der Waals surface area contributed by atoms with E-state index in [0.29, 0.717) is 18.7 Å². The number of amides is 2. The Morgan fingerprint density at radius 3 is 3.21 bits per heavy atom. The van der Waals surface area contributed by atoms with Gasteiger partial charge in [0, 0.05) is 37.4 Å². The molecule has 2 aromatic heterocycles. The van der Waals surface area contributed by atoms with Crippen molar-refractivity contribution in [2.24, 2.45) is 0 Å². The van der Waals surface area contributed by atoms with Crippen molar-refractivity contribution < 1.29 is 14.3 Å². The molecule has 0 aromatic carbocycles. The smallest absolute Gasteiger partial charge is 0.317 e. The minimum absolute atomic E-state index is 0.0478. The molecule has 7 heteroatoms. The van der Waals surface area contributed by atoms with E-state index >= 15 is 0 Å². The fourth-order valence-electron chi connectivity index (χ4n) is 3.12. The Hall–Kier alpha value is -1.86. The number of hydrogen-bond donors (Lipinski definition) is 2. The Morgan fingerprint density at radius 2 is 2.50 bits per heavy atom. The monoisotopic (exact) mass is 349 g/mol. The molecular formula is C17H23N3O3S. The van der Waals surface area contributed by atoms with E-state index in [9.17, 15) is 9.90 Å². The highest BCUT2D eigenvalue weighted by Crippen LogP contribution is 2.27. The van der Waals surface area contributed by atoms with Gasteiger partial charge in [-0.25, -0.2) is 9.78 Å². The predicted octanol–water partition coefficient (Wildman–Crippen LogP) is 2.88. The van der Waals surface area contributed by atoms with E-state index in [2.05, 4.69) is 10.3 Å².